The fraction of sp³-hybridized carbons (Fsp3) is 0.143. The van der Waals surface area contributed by atoms with E-state index >= 15 is 0 Å². The second-order valence-electron chi connectivity index (χ2n) is 4.39. The van der Waals surface area contributed by atoms with E-state index in [1.54, 1.807) is 36.4 Å². The first kappa shape index (κ1) is 16.0. The van der Waals surface area contributed by atoms with Crippen molar-refractivity contribution in [3.8, 4) is 0 Å². The molecule has 2 aromatic rings. The maximum atomic E-state index is 12.5. The van der Waals surface area contributed by atoms with Crippen LogP contribution >= 0.6 is 43.5 Å². The summed E-state index contributed by atoms with van der Waals surface area (Å²) in [6.45, 7) is 1.91. The molecule has 6 heteroatoms. The van der Waals surface area contributed by atoms with Gasteiger partial charge in [0.1, 0.15) is 0 Å². The first-order chi connectivity index (χ1) is 9.31. The van der Waals surface area contributed by atoms with Crippen molar-refractivity contribution >= 4 is 53.3 Å². The number of halogens is 3. The van der Waals surface area contributed by atoms with Crippen LogP contribution in [0.15, 0.2) is 50.2 Å². The van der Waals surface area contributed by atoms with Crippen molar-refractivity contribution in [1.29, 1.82) is 0 Å². The maximum Gasteiger partial charge on any atom is 0.183 e. The minimum Gasteiger partial charge on any atom is -0.223 e. The summed E-state index contributed by atoms with van der Waals surface area (Å²) in [4.78, 5) is 0.273. The van der Waals surface area contributed by atoms with E-state index in [1.807, 2.05) is 6.92 Å². The van der Waals surface area contributed by atoms with E-state index in [2.05, 4.69) is 31.9 Å². The third-order valence-electron chi connectivity index (χ3n) is 2.82. The van der Waals surface area contributed by atoms with Crippen molar-refractivity contribution in [1.82, 2.24) is 0 Å². The van der Waals surface area contributed by atoms with Crippen molar-refractivity contribution in [3.63, 3.8) is 0 Å². The second kappa shape index (κ2) is 6.18. The third kappa shape index (κ3) is 3.45. The molecule has 2 rings (SSSR count). The molecule has 0 fully saturated rings. The number of sulfone groups is 1. The lowest BCUT2D eigenvalue weighted by Crippen LogP contribution is -2.07. The molecule has 0 saturated carbocycles. The van der Waals surface area contributed by atoms with Gasteiger partial charge in [-0.2, -0.15) is 0 Å². The number of hydrogen-bond donors (Lipinski definition) is 0. The summed E-state index contributed by atoms with van der Waals surface area (Å²) < 4.78 is 26.3. The topological polar surface area (TPSA) is 34.1 Å². The highest BCUT2D eigenvalue weighted by Crippen LogP contribution is 2.31. The van der Waals surface area contributed by atoms with Gasteiger partial charge < -0.3 is 0 Å². The molecule has 106 valence electrons. The molecule has 0 atom stereocenters. The van der Waals surface area contributed by atoms with Crippen LogP contribution < -0.4 is 0 Å². The molecule has 0 amide bonds. The van der Waals surface area contributed by atoms with Gasteiger partial charge in [0.2, 0.25) is 0 Å². The van der Waals surface area contributed by atoms with E-state index in [-0.39, 0.29) is 10.6 Å². The molecule has 0 unspecified atom stereocenters. The van der Waals surface area contributed by atoms with E-state index in [1.165, 1.54) is 0 Å². The summed E-state index contributed by atoms with van der Waals surface area (Å²) >= 11 is 12.7. The van der Waals surface area contributed by atoms with Gasteiger partial charge in [0.25, 0.3) is 0 Å². The van der Waals surface area contributed by atoms with Crippen LogP contribution in [0.1, 0.15) is 11.1 Å². The number of rotatable bonds is 3. The standard InChI is InChI=1S/C14H11Br2ClO2S/c1-9-5-6-14(12(16)7-9)20(18,19)8-10-11(15)3-2-4-13(10)17/h2-7H,8H2,1H3. The molecule has 20 heavy (non-hydrogen) atoms. The van der Waals surface area contributed by atoms with Crippen LogP contribution in [0.3, 0.4) is 0 Å². The molecule has 0 saturated heterocycles. The third-order valence-corrected chi connectivity index (χ3v) is 6.53. The minimum absolute atomic E-state index is 0.144. The van der Waals surface area contributed by atoms with E-state index in [4.69, 9.17) is 11.6 Å². The Labute approximate surface area is 140 Å². The van der Waals surface area contributed by atoms with Crippen LogP contribution in [-0.4, -0.2) is 8.42 Å². The van der Waals surface area contributed by atoms with E-state index in [9.17, 15) is 8.42 Å². The zero-order valence-electron chi connectivity index (χ0n) is 10.5. The highest BCUT2D eigenvalue weighted by Gasteiger charge is 2.21. The van der Waals surface area contributed by atoms with Crippen LogP contribution in [0, 0.1) is 6.92 Å². The van der Waals surface area contributed by atoms with Gasteiger partial charge in [-0.3, -0.25) is 0 Å². The molecule has 0 aliphatic heterocycles. The summed E-state index contributed by atoms with van der Waals surface area (Å²) in [7, 11) is -3.47. The highest BCUT2D eigenvalue weighted by molar-refractivity contribution is 9.10. The Bertz CT molecular complexity index is 738. The van der Waals surface area contributed by atoms with Gasteiger partial charge in [-0.25, -0.2) is 8.42 Å². The number of hydrogen-bond acceptors (Lipinski definition) is 2. The SMILES string of the molecule is Cc1ccc(S(=O)(=O)Cc2c(Cl)cccc2Br)c(Br)c1. The van der Waals surface area contributed by atoms with Gasteiger partial charge in [-0.15, -0.1) is 0 Å². The lowest BCUT2D eigenvalue weighted by Gasteiger charge is -2.10. The largest absolute Gasteiger partial charge is 0.223 e. The van der Waals surface area contributed by atoms with Crippen LogP contribution in [0.5, 0.6) is 0 Å². The minimum atomic E-state index is -3.47. The van der Waals surface area contributed by atoms with Crippen molar-refractivity contribution in [3.05, 3.63) is 61.5 Å². The monoisotopic (exact) mass is 436 g/mol. The van der Waals surface area contributed by atoms with Gasteiger partial charge in [0.05, 0.1) is 10.6 Å². The molecular formula is C14H11Br2ClO2S. The first-order valence-electron chi connectivity index (χ1n) is 5.73. The lowest BCUT2D eigenvalue weighted by atomic mass is 10.2. The zero-order chi connectivity index (χ0) is 14.9. The zero-order valence-corrected chi connectivity index (χ0v) is 15.3. The molecular weight excluding hydrogens is 427 g/mol. The van der Waals surface area contributed by atoms with Gasteiger partial charge in [-0.05, 0) is 52.7 Å². The predicted octanol–water partition coefficient (Wildman–Crippen LogP) is 5.15. The van der Waals surface area contributed by atoms with Crippen molar-refractivity contribution < 1.29 is 8.42 Å². The molecule has 0 heterocycles. The second-order valence-corrected chi connectivity index (χ2v) is 8.47. The molecule has 2 nitrogen and oxygen atoms in total. The lowest BCUT2D eigenvalue weighted by molar-refractivity contribution is 0.594. The Morgan fingerprint density at radius 2 is 1.80 bits per heavy atom. The average Bonchev–Trinajstić information content (AvgIpc) is 2.33. The Morgan fingerprint density at radius 1 is 1.10 bits per heavy atom. The maximum absolute atomic E-state index is 12.5. The van der Waals surface area contributed by atoms with Crippen LogP contribution in [0.25, 0.3) is 0 Å². The first-order valence-corrected chi connectivity index (χ1v) is 9.34. The molecule has 0 N–H and O–H groups in total. The van der Waals surface area contributed by atoms with Crippen LogP contribution in [0.4, 0.5) is 0 Å². The fourth-order valence-electron chi connectivity index (χ4n) is 1.80. The van der Waals surface area contributed by atoms with Crippen molar-refractivity contribution in [2.24, 2.45) is 0 Å². The molecule has 2 aromatic carbocycles. The predicted molar refractivity (Wildman–Crippen MR) is 88.9 cm³/mol. The quantitative estimate of drug-likeness (QED) is 0.664. The average molecular weight is 439 g/mol. The molecule has 0 aliphatic rings. The fourth-order valence-corrected chi connectivity index (χ4v) is 5.63. The van der Waals surface area contributed by atoms with Gasteiger partial charge in [0.15, 0.2) is 9.84 Å². The Morgan fingerprint density at radius 3 is 2.40 bits per heavy atom. The van der Waals surface area contributed by atoms with Crippen LogP contribution in [-0.2, 0) is 15.6 Å². The van der Waals surface area contributed by atoms with Crippen molar-refractivity contribution in [2.45, 2.75) is 17.6 Å². The van der Waals surface area contributed by atoms with Gasteiger partial charge >= 0.3 is 0 Å². The molecule has 0 bridgehead atoms. The van der Waals surface area contributed by atoms with E-state index in [0.717, 1.165) is 5.56 Å². The Balaban J connectivity index is 2.46. The molecule has 0 spiro atoms. The molecule has 0 aliphatic carbocycles. The normalized spacial score (nSPS) is 11.6. The van der Waals surface area contributed by atoms with Crippen LogP contribution in [0.2, 0.25) is 5.02 Å². The number of aryl methyl sites for hydroxylation is 1. The van der Waals surface area contributed by atoms with Gasteiger partial charge in [0, 0.05) is 19.5 Å². The van der Waals surface area contributed by atoms with E-state index < -0.39 is 9.84 Å². The Kier molecular flexibility index (Phi) is 4.95. The smallest absolute Gasteiger partial charge is 0.183 e. The van der Waals surface area contributed by atoms with E-state index in [0.29, 0.717) is 19.5 Å². The summed E-state index contributed by atoms with van der Waals surface area (Å²) in [6, 6.07) is 10.4. The summed E-state index contributed by atoms with van der Waals surface area (Å²) in [6.07, 6.45) is 0. The van der Waals surface area contributed by atoms with Crippen molar-refractivity contribution in [2.75, 3.05) is 0 Å². The summed E-state index contributed by atoms with van der Waals surface area (Å²) in [5.74, 6) is -0.144. The molecule has 0 radical (unpaired) electrons. The van der Waals surface area contributed by atoms with Gasteiger partial charge in [-0.1, -0.05) is 39.7 Å². The summed E-state index contributed by atoms with van der Waals surface area (Å²) in [5, 5.41) is 0.436. The highest BCUT2D eigenvalue weighted by atomic mass is 79.9. The number of benzene rings is 2. The summed E-state index contributed by atoms with van der Waals surface area (Å²) in [5.41, 5.74) is 1.57. The molecule has 0 aromatic heterocycles. The Hall–Kier alpha value is -0.360.